The molecular formula is C19H13N3O2. The minimum Gasteiger partial charge on any atom is -0.299 e. The van der Waals surface area contributed by atoms with Crippen molar-refractivity contribution in [2.45, 2.75) is 0 Å². The summed E-state index contributed by atoms with van der Waals surface area (Å²) in [4.78, 5) is 15.4. The van der Waals surface area contributed by atoms with Gasteiger partial charge in [0.1, 0.15) is 5.82 Å². The van der Waals surface area contributed by atoms with Crippen molar-refractivity contribution in [1.29, 1.82) is 0 Å². The number of rotatable bonds is 3. The van der Waals surface area contributed by atoms with Crippen LogP contribution in [-0.4, -0.2) is 14.3 Å². The summed E-state index contributed by atoms with van der Waals surface area (Å²) in [6.07, 6.45) is 1.92. The standard InChI is InChI=1S/C19H13N3O2/c23-22(24)16-10-6-9-15(13-16)19-20-18(14-7-2-1-3-8-14)17-11-4-5-12-21(17)19/h1-13H. The molecule has 5 nitrogen and oxygen atoms in total. The molecule has 2 heterocycles. The maximum Gasteiger partial charge on any atom is 0.270 e. The molecule has 24 heavy (non-hydrogen) atoms. The van der Waals surface area contributed by atoms with Gasteiger partial charge in [-0.05, 0) is 12.1 Å². The van der Waals surface area contributed by atoms with Gasteiger partial charge in [-0.1, -0.05) is 48.5 Å². The third-order valence-electron chi connectivity index (χ3n) is 3.91. The summed E-state index contributed by atoms with van der Waals surface area (Å²) in [6, 6.07) is 22.3. The zero-order chi connectivity index (χ0) is 16.5. The van der Waals surface area contributed by atoms with Crippen molar-refractivity contribution in [1.82, 2.24) is 9.38 Å². The van der Waals surface area contributed by atoms with E-state index in [2.05, 4.69) is 0 Å². The van der Waals surface area contributed by atoms with Gasteiger partial charge in [0.25, 0.3) is 5.69 Å². The number of nitrogens with zero attached hydrogens (tertiary/aromatic N) is 3. The summed E-state index contributed by atoms with van der Waals surface area (Å²) in [7, 11) is 0. The van der Waals surface area contributed by atoms with Crippen molar-refractivity contribution in [3.63, 3.8) is 0 Å². The highest BCUT2D eigenvalue weighted by molar-refractivity contribution is 5.81. The molecule has 0 spiro atoms. The number of nitro groups is 1. The Bertz CT molecular complexity index is 1040. The summed E-state index contributed by atoms with van der Waals surface area (Å²) in [5, 5.41) is 11.1. The van der Waals surface area contributed by atoms with Gasteiger partial charge in [-0.15, -0.1) is 0 Å². The van der Waals surface area contributed by atoms with Crippen molar-refractivity contribution in [3.05, 3.63) is 89.1 Å². The van der Waals surface area contributed by atoms with E-state index in [0.717, 1.165) is 16.8 Å². The maximum atomic E-state index is 11.1. The van der Waals surface area contributed by atoms with E-state index in [4.69, 9.17) is 4.98 Å². The van der Waals surface area contributed by atoms with Crippen LogP contribution in [0.3, 0.4) is 0 Å². The summed E-state index contributed by atoms with van der Waals surface area (Å²) in [6.45, 7) is 0. The number of fused-ring (bicyclic) bond motifs is 1. The van der Waals surface area contributed by atoms with Crippen LogP contribution in [0.25, 0.3) is 28.2 Å². The molecule has 0 aliphatic carbocycles. The fraction of sp³-hybridized carbons (Fsp3) is 0. The number of nitro benzene ring substituents is 1. The molecule has 0 saturated carbocycles. The number of benzene rings is 2. The van der Waals surface area contributed by atoms with Gasteiger partial charge in [-0.2, -0.15) is 0 Å². The molecule has 0 bridgehead atoms. The molecule has 2 aromatic heterocycles. The highest BCUT2D eigenvalue weighted by Gasteiger charge is 2.15. The number of non-ortho nitro benzene ring substituents is 1. The molecule has 0 unspecified atom stereocenters. The van der Waals surface area contributed by atoms with E-state index >= 15 is 0 Å². The summed E-state index contributed by atoms with van der Waals surface area (Å²) in [5.74, 6) is 0.688. The molecule has 2 aromatic carbocycles. The van der Waals surface area contributed by atoms with Crippen LogP contribution >= 0.6 is 0 Å². The third-order valence-corrected chi connectivity index (χ3v) is 3.91. The Hall–Kier alpha value is -3.47. The number of hydrogen-bond donors (Lipinski definition) is 0. The molecule has 0 fully saturated rings. The van der Waals surface area contributed by atoms with Crippen LogP contribution in [0.2, 0.25) is 0 Å². The van der Waals surface area contributed by atoms with Crippen LogP contribution < -0.4 is 0 Å². The predicted octanol–water partition coefficient (Wildman–Crippen LogP) is 4.58. The minimum atomic E-state index is -0.391. The second-order valence-corrected chi connectivity index (χ2v) is 5.41. The zero-order valence-electron chi connectivity index (χ0n) is 12.7. The van der Waals surface area contributed by atoms with Gasteiger partial charge in [-0.25, -0.2) is 4.98 Å². The molecule has 0 radical (unpaired) electrons. The first-order valence-corrected chi connectivity index (χ1v) is 7.51. The smallest absolute Gasteiger partial charge is 0.270 e. The Kier molecular flexibility index (Phi) is 3.31. The van der Waals surface area contributed by atoms with Gasteiger partial charge < -0.3 is 0 Å². The lowest BCUT2D eigenvalue weighted by Crippen LogP contribution is -1.91. The average molecular weight is 315 g/mol. The van der Waals surface area contributed by atoms with E-state index < -0.39 is 4.92 Å². The first kappa shape index (κ1) is 14.1. The summed E-state index contributed by atoms with van der Waals surface area (Å²) >= 11 is 0. The van der Waals surface area contributed by atoms with Gasteiger partial charge >= 0.3 is 0 Å². The molecule has 0 amide bonds. The van der Waals surface area contributed by atoms with Gasteiger partial charge in [-0.3, -0.25) is 14.5 Å². The number of aromatic nitrogens is 2. The van der Waals surface area contributed by atoms with Crippen LogP contribution in [-0.2, 0) is 0 Å². The molecule has 4 aromatic rings. The lowest BCUT2D eigenvalue weighted by Gasteiger charge is -2.01. The molecule has 0 aliphatic heterocycles. The van der Waals surface area contributed by atoms with Gasteiger partial charge in [0, 0.05) is 29.5 Å². The van der Waals surface area contributed by atoms with Gasteiger partial charge in [0.15, 0.2) is 0 Å². The van der Waals surface area contributed by atoms with Crippen molar-refractivity contribution in [2.24, 2.45) is 0 Å². The normalized spacial score (nSPS) is 10.8. The van der Waals surface area contributed by atoms with Gasteiger partial charge in [0.05, 0.1) is 16.1 Å². The fourth-order valence-corrected chi connectivity index (χ4v) is 2.81. The largest absolute Gasteiger partial charge is 0.299 e. The van der Waals surface area contributed by atoms with E-state index in [1.165, 1.54) is 6.07 Å². The molecular weight excluding hydrogens is 302 g/mol. The van der Waals surface area contributed by atoms with Gasteiger partial charge in [0.2, 0.25) is 0 Å². The maximum absolute atomic E-state index is 11.1. The highest BCUT2D eigenvalue weighted by Crippen LogP contribution is 2.30. The second-order valence-electron chi connectivity index (χ2n) is 5.41. The quantitative estimate of drug-likeness (QED) is 0.411. The van der Waals surface area contributed by atoms with Crippen LogP contribution in [0.1, 0.15) is 0 Å². The second kappa shape index (κ2) is 5.62. The SMILES string of the molecule is O=[N+]([O-])c1cccc(-c2nc(-c3ccccc3)c3ccccn23)c1. The van der Waals surface area contributed by atoms with Crippen molar-refractivity contribution in [3.8, 4) is 22.6 Å². The molecule has 5 heteroatoms. The van der Waals surface area contributed by atoms with Crippen LogP contribution in [0.4, 0.5) is 5.69 Å². The van der Waals surface area contributed by atoms with Crippen molar-refractivity contribution < 1.29 is 4.92 Å². The minimum absolute atomic E-state index is 0.0569. The Morgan fingerprint density at radius 3 is 2.42 bits per heavy atom. The molecule has 0 N–H and O–H groups in total. The predicted molar refractivity (Wildman–Crippen MR) is 92.7 cm³/mol. The topological polar surface area (TPSA) is 60.4 Å². The highest BCUT2D eigenvalue weighted by atomic mass is 16.6. The number of imidazole rings is 1. The lowest BCUT2D eigenvalue weighted by molar-refractivity contribution is -0.384. The lowest BCUT2D eigenvalue weighted by atomic mass is 10.1. The van der Waals surface area contributed by atoms with Crippen LogP contribution in [0.15, 0.2) is 79.0 Å². The Morgan fingerprint density at radius 2 is 1.62 bits per heavy atom. The van der Waals surface area contributed by atoms with E-state index in [1.54, 1.807) is 12.1 Å². The van der Waals surface area contributed by atoms with Crippen molar-refractivity contribution >= 4 is 11.2 Å². The first-order chi connectivity index (χ1) is 11.7. The zero-order valence-corrected chi connectivity index (χ0v) is 12.7. The number of hydrogen-bond acceptors (Lipinski definition) is 3. The van der Waals surface area contributed by atoms with E-state index in [9.17, 15) is 10.1 Å². The Morgan fingerprint density at radius 1 is 0.875 bits per heavy atom. The fourth-order valence-electron chi connectivity index (χ4n) is 2.81. The number of pyridine rings is 1. The monoisotopic (exact) mass is 315 g/mol. The summed E-state index contributed by atoms with van der Waals surface area (Å²) in [5.41, 5.74) is 3.61. The third kappa shape index (κ3) is 2.32. The molecule has 0 saturated heterocycles. The molecule has 4 rings (SSSR count). The van der Waals surface area contributed by atoms with E-state index in [1.807, 2.05) is 65.2 Å². The van der Waals surface area contributed by atoms with E-state index in [-0.39, 0.29) is 5.69 Å². The first-order valence-electron chi connectivity index (χ1n) is 7.51. The molecule has 116 valence electrons. The van der Waals surface area contributed by atoms with E-state index in [0.29, 0.717) is 11.4 Å². The average Bonchev–Trinajstić information content (AvgIpc) is 3.02. The van der Waals surface area contributed by atoms with Crippen molar-refractivity contribution in [2.75, 3.05) is 0 Å². The molecule has 0 atom stereocenters. The van der Waals surface area contributed by atoms with Crippen LogP contribution in [0, 0.1) is 10.1 Å². The van der Waals surface area contributed by atoms with Crippen LogP contribution in [0.5, 0.6) is 0 Å². The summed E-state index contributed by atoms with van der Waals surface area (Å²) < 4.78 is 1.96. The molecule has 0 aliphatic rings. The Labute approximate surface area is 138 Å². The Balaban J connectivity index is 1.97.